The smallest absolute Gasteiger partial charge is 0.196 e. The van der Waals surface area contributed by atoms with E-state index in [1.807, 2.05) is 44.2 Å². The zero-order valence-corrected chi connectivity index (χ0v) is 10.4. The Morgan fingerprint density at radius 3 is 2.47 bits per heavy atom. The van der Waals surface area contributed by atoms with Crippen molar-refractivity contribution in [2.24, 2.45) is 0 Å². The van der Waals surface area contributed by atoms with Crippen LogP contribution < -0.4 is 0 Å². The van der Waals surface area contributed by atoms with Crippen LogP contribution in [0.4, 0.5) is 0 Å². The Labute approximate surface area is 101 Å². The Hall–Kier alpha value is -1.83. The van der Waals surface area contributed by atoms with Crippen molar-refractivity contribution in [3.05, 3.63) is 58.5 Å². The van der Waals surface area contributed by atoms with Crippen molar-refractivity contribution < 1.29 is 9.21 Å². The zero-order valence-electron chi connectivity index (χ0n) is 10.4. The van der Waals surface area contributed by atoms with Gasteiger partial charge in [-0.25, -0.2) is 0 Å². The molecule has 1 aromatic heterocycles. The number of rotatable bonds is 3. The van der Waals surface area contributed by atoms with Gasteiger partial charge in [0.1, 0.15) is 11.5 Å². The van der Waals surface area contributed by atoms with Gasteiger partial charge in [0.25, 0.3) is 0 Å². The first-order chi connectivity index (χ1) is 8.13. The molecule has 0 saturated carbocycles. The standard InChI is InChI=1S/C15H16O2/c1-4-12-7-5-6-8-13(12)15(16)14-9-10(2)17-11(14)3/h5-9H,4H2,1-3H3. The SMILES string of the molecule is CCc1ccccc1C(=O)c1cc(C)oc1C. The molecule has 1 aromatic carbocycles. The average molecular weight is 228 g/mol. The molecule has 2 heteroatoms. The van der Waals surface area contributed by atoms with Gasteiger partial charge in [0.05, 0.1) is 5.56 Å². The summed E-state index contributed by atoms with van der Waals surface area (Å²) in [5.74, 6) is 1.52. The summed E-state index contributed by atoms with van der Waals surface area (Å²) in [6.07, 6.45) is 0.859. The fourth-order valence-corrected chi connectivity index (χ4v) is 2.05. The molecule has 0 N–H and O–H groups in total. The summed E-state index contributed by atoms with van der Waals surface area (Å²) < 4.78 is 5.41. The third-order valence-electron chi connectivity index (χ3n) is 2.93. The lowest BCUT2D eigenvalue weighted by atomic mass is 9.97. The Bertz CT molecular complexity index is 550. The first kappa shape index (κ1) is 11.6. The Morgan fingerprint density at radius 2 is 1.88 bits per heavy atom. The molecule has 2 aromatic rings. The molecule has 0 fully saturated rings. The molecule has 2 nitrogen and oxygen atoms in total. The molecular weight excluding hydrogens is 212 g/mol. The second-order valence-electron chi connectivity index (χ2n) is 4.17. The molecule has 0 atom stereocenters. The molecule has 0 spiro atoms. The summed E-state index contributed by atoms with van der Waals surface area (Å²) in [6, 6.07) is 9.54. The van der Waals surface area contributed by atoms with Crippen molar-refractivity contribution in [1.29, 1.82) is 0 Å². The highest BCUT2D eigenvalue weighted by atomic mass is 16.3. The number of furan rings is 1. The molecule has 0 aliphatic carbocycles. The van der Waals surface area contributed by atoms with Gasteiger partial charge in [-0.1, -0.05) is 31.2 Å². The van der Waals surface area contributed by atoms with Crippen molar-refractivity contribution in [1.82, 2.24) is 0 Å². The van der Waals surface area contributed by atoms with Crippen LogP contribution in [0, 0.1) is 13.8 Å². The topological polar surface area (TPSA) is 30.2 Å². The van der Waals surface area contributed by atoms with Gasteiger partial charge in [-0.3, -0.25) is 4.79 Å². The van der Waals surface area contributed by atoms with E-state index in [-0.39, 0.29) is 5.78 Å². The summed E-state index contributed by atoms with van der Waals surface area (Å²) >= 11 is 0. The molecule has 88 valence electrons. The summed E-state index contributed by atoms with van der Waals surface area (Å²) in [6.45, 7) is 5.74. The van der Waals surface area contributed by atoms with E-state index in [0.717, 1.165) is 23.3 Å². The number of ketones is 1. The number of carbonyl (C=O) groups excluding carboxylic acids is 1. The van der Waals surface area contributed by atoms with Crippen molar-refractivity contribution in [3.8, 4) is 0 Å². The summed E-state index contributed by atoms with van der Waals surface area (Å²) in [5.41, 5.74) is 2.53. The van der Waals surface area contributed by atoms with E-state index in [4.69, 9.17) is 4.42 Å². The van der Waals surface area contributed by atoms with Gasteiger partial charge in [0.15, 0.2) is 5.78 Å². The minimum Gasteiger partial charge on any atom is -0.466 e. The highest BCUT2D eigenvalue weighted by molar-refractivity contribution is 6.10. The lowest BCUT2D eigenvalue weighted by molar-refractivity contribution is 0.103. The van der Waals surface area contributed by atoms with Crippen molar-refractivity contribution in [3.63, 3.8) is 0 Å². The van der Waals surface area contributed by atoms with Crippen LogP contribution in [0.1, 0.15) is 39.9 Å². The van der Waals surface area contributed by atoms with Crippen molar-refractivity contribution in [2.75, 3.05) is 0 Å². The molecule has 0 radical (unpaired) electrons. The fourth-order valence-electron chi connectivity index (χ4n) is 2.05. The van der Waals surface area contributed by atoms with Crippen molar-refractivity contribution >= 4 is 5.78 Å². The molecule has 0 bridgehead atoms. The van der Waals surface area contributed by atoms with E-state index >= 15 is 0 Å². The van der Waals surface area contributed by atoms with E-state index in [1.165, 1.54) is 0 Å². The maximum atomic E-state index is 12.4. The highest BCUT2D eigenvalue weighted by Gasteiger charge is 2.17. The van der Waals surface area contributed by atoms with Crippen LogP contribution in [-0.2, 0) is 6.42 Å². The van der Waals surface area contributed by atoms with Gasteiger partial charge in [0.2, 0.25) is 0 Å². The summed E-state index contributed by atoms with van der Waals surface area (Å²) in [5, 5.41) is 0. The fraction of sp³-hybridized carbons (Fsp3) is 0.267. The third-order valence-corrected chi connectivity index (χ3v) is 2.93. The zero-order chi connectivity index (χ0) is 12.4. The van der Waals surface area contributed by atoms with Crippen LogP contribution in [0.15, 0.2) is 34.7 Å². The average Bonchev–Trinajstić information content (AvgIpc) is 2.67. The lowest BCUT2D eigenvalue weighted by Crippen LogP contribution is -2.05. The molecule has 0 aliphatic heterocycles. The molecule has 0 unspecified atom stereocenters. The molecule has 0 aliphatic rings. The second-order valence-corrected chi connectivity index (χ2v) is 4.17. The third kappa shape index (κ3) is 2.16. The minimum absolute atomic E-state index is 0.0526. The normalized spacial score (nSPS) is 10.5. The quantitative estimate of drug-likeness (QED) is 0.750. The number of carbonyl (C=O) groups is 1. The van der Waals surface area contributed by atoms with Crippen LogP contribution in [0.2, 0.25) is 0 Å². The van der Waals surface area contributed by atoms with E-state index in [1.54, 1.807) is 0 Å². The number of hydrogen-bond donors (Lipinski definition) is 0. The number of benzene rings is 1. The van der Waals surface area contributed by atoms with Gasteiger partial charge in [0, 0.05) is 5.56 Å². The van der Waals surface area contributed by atoms with E-state index in [2.05, 4.69) is 6.92 Å². The summed E-state index contributed by atoms with van der Waals surface area (Å²) in [4.78, 5) is 12.4. The Balaban J connectivity index is 2.47. The number of hydrogen-bond acceptors (Lipinski definition) is 2. The van der Waals surface area contributed by atoms with Gasteiger partial charge in [-0.15, -0.1) is 0 Å². The van der Waals surface area contributed by atoms with Gasteiger partial charge in [-0.05, 0) is 31.9 Å². The number of aryl methyl sites for hydroxylation is 3. The molecule has 1 heterocycles. The Morgan fingerprint density at radius 1 is 1.18 bits per heavy atom. The maximum absolute atomic E-state index is 12.4. The van der Waals surface area contributed by atoms with Gasteiger partial charge < -0.3 is 4.42 Å². The van der Waals surface area contributed by atoms with Gasteiger partial charge in [-0.2, -0.15) is 0 Å². The van der Waals surface area contributed by atoms with Gasteiger partial charge >= 0.3 is 0 Å². The second kappa shape index (κ2) is 4.58. The molecule has 17 heavy (non-hydrogen) atoms. The van der Waals surface area contributed by atoms with E-state index < -0.39 is 0 Å². The van der Waals surface area contributed by atoms with Crippen LogP contribution in [-0.4, -0.2) is 5.78 Å². The maximum Gasteiger partial charge on any atom is 0.196 e. The first-order valence-electron chi connectivity index (χ1n) is 5.83. The molecule has 0 amide bonds. The predicted octanol–water partition coefficient (Wildman–Crippen LogP) is 3.69. The molecule has 0 saturated heterocycles. The first-order valence-corrected chi connectivity index (χ1v) is 5.83. The van der Waals surface area contributed by atoms with Crippen LogP contribution in [0.25, 0.3) is 0 Å². The predicted molar refractivity (Wildman–Crippen MR) is 67.4 cm³/mol. The molecular formula is C15H16O2. The van der Waals surface area contributed by atoms with Crippen molar-refractivity contribution in [2.45, 2.75) is 27.2 Å². The van der Waals surface area contributed by atoms with E-state index in [9.17, 15) is 4.79 Å². The van der Waals surface area contributed by atoms with Crippen LogP contribution in [0.5, 0.6) is 0 Å². The largest absolute Gasteiger partial charge is 0.466 e. The summed E-state index contributed by atoms with van der Waals surface area (Å²) in [7, 11) is 0. The highest BCUT2D eigenvalue weighted by Crippen LogP contribution is 2.20. The lowest BCUT2D eigenvalue weighted by Gasteiger charge is -2.05. The molecule has 2 rings (SSSR count). The Kier molecular flexibility index (Phi) is 3.14. The minimum atomic E-state index is 0.0526. The van der Waals surface area contributed by atoms with Crippen LogP contribution >= 0.6 is 0 Å². The van der Waals surface area contributed by atoms with E-state index in [0.29, 0.717) is 11.3 Å². The van der Waals surface area contributed by atoms with Crippen LogP contribution in [0.3, 0.4) is 0 Å². The monoisotopic (exact) mass is 228 g/mol.